The zero-order valence-electron chi connectivity index (χ0n) is 11.9. The Balaban J connectivity index is 2.53. The van der Waals surface area contributed by atoms with E-state index in [1.54, 1.807) is 6.92 Å². The van der Waals surface area contributed by atoms with Crippen LogP contribution in [0.4, 0.5) is 13.2 Å². The van der Waals surface area contributed by atoms with Gasteiger partial charge >= 0.3 is 6.18 Å². The van der Waals surface area contributed by atoms with Gasteiger partial charge in [0, 0.05) is 6.54 Å². The number of hydrogen-bond acceptors (Lipinski definition) is 3. The molecule has 1 heterocycles. The third-order valence-electron chi connectivity index (χ3n) is 3.94. The normalized spacial score (nSPS) is 23.4. The fraction of sp³-hybridized carbons (Fsp3) is 0.500. The molecule has 1 aliphatic rings. The molecule has 0 spiro atoms. The van der Waals surface area contributed by atoms with Crippen molar-refractivity contribution < 1.29 is 21.6 Å². The van der Waals surface area contributed by atoms with Gasteiger partial charge in [0.1, 0.15) is 5.54 Å². The average molecular weight is 332 g/mol. The van der Waals surface area contributed by atoms with Crippen LogP contribution in [0.2, 0.25) is 0 Å². The predicted octanol–water partition coefficient (Wildman–Crippen LogP) is 2.99. The molecule has 1 aromatic carbocycles. The Kier molecular flexibility index (Phi) is 4.24. The summed E-state index contributed by atoms with van der Waals surface area (Å²) in [5, 5.41) is 8.77. The van der Waals surface area contributed by atoms with Crippen LogP contribution in [0, 0.1) is 18.3 Å². The molecule has 8 heteroatoms. The van der Waals surface area contributed by atoms with Gasteiger partial charge in [0.15, 0.2) is 0 Å². The lowest BCUT2D eigenvalue weighted by Crippen LogP contribution is -2.56. The lowest BCUT2D eigenvalue weighted by atomic mass is 9.93. The van der Waals surface area contributed by atoms with E-state index in [1.807, 2.05) is 0 Å². The molecule has 1 aromatic rings. The van der Waals surface area contributed by atoms with E-state index in [9.17, 15) is 21.6 Å². The fourth-order valence-electron chi connectivity index (χ4n) is 2.73. The first-order valence-electron chi connectivity index (χ1n) is 6.68. The summed E-state index contributed by atoms with van der Waals surface area (Å²) < 4.78 is 66.2. The van der Waals surface area contributed by atoms with E-state index in [4.69, 9.17) is 5.26 Å². The van der Waals surface area contributed by atoms with E-state index >= 15 is 0 Å². The highest BCUT2D eigenvalue weighted by atomic mass is 32.2. The van der Waals surface area contributed by atoms with Crippen molar-refractivity contribution in [1.29, 1.82) is 5.26 Å². The highest BCUT2D eigenvalue weighted by molar-refractivity contribution is 7.89. The van der Waals surface area contributed by atoms with Crippen LogP contribution in [0.15, 0.2) is 29.2 Å². The number of hydrogen-bond donors (Lipinski definition) is 0. The van der Waals surface area contributed by atoms with E-state index in [0.717, 1.165) is 5.56 Å². The summed E-state index contributed by atoms with van der Waals surface area (Å²) >= 11 is 0. The third kappa shape index (κ3) is 2.59. The van der Waals surface area contributed by atoms with Crippen molar-refractivity contribution in [3.63, 3.8) is 0 Å². The number of nitrogens with zero attached hydrogens (tertiary/aromatic N) is 2. The van der Waals surface area contributed by atoms with Crippen LogP contribution in [0.25, 0.3) is 0 Å². The van der Waals surface area contributed by atoms with Gasteiger partial charge in [0.25, 0.3) is 0 Å². The molecule has 1 saturated heterocycles. The molecule has 1 atom stereocenters. The van der Waals surface area contributed by atoms with Crippen LogP contribution in [0.5, 0.6) is 0 Å². The lowest BCUT2D eigenvalue weighted by molar-refractivity contribution is -0.208. The van der Waals surface area contributed by atoms with Gasteiger partial charge in [-0.05, 0) is 31.9 Å². The van der Waals surface area contributed by atoms with E-state index in [1.165, 1.54) is 30.3 Å². The van der Waals surface area contributed by atoms with Gasteiger partial charge in [-0.3, -0.25) is 0 Å². The van der Waals surface area contributed by atoms with E-state index in [-0.39, 0.29) is 17.9 Å². The fourth-order valence-corrected chi connectivity index (χ4v) is 4.56. The molecule has 0 N–H and O–H groups in total. The van der Waals surface area contributed by atoms with Crippen molar-refractivity contribution in [2.45, 2.75) is 42.8 Å². The topological polar surface area (TPSA) is 61.2 Å². The minimum Gasteiger partial charge on any atom is -0.207 e. The zero-order valence-corrected chi connectivity index (χ0v) is 12.7. The molecule has 2 rings (SSSR count). The number of sulfonamides is 1. The van der Waals surface area contributed by atoms with Crippen molar-refractivity contribution in [2.75, 3.05) is 6.54 Å². The van der Waals surface area contributed by atoms with Crippen LogP contribution >= 0.6 is 0 Å². The number of aryl methyl sites for hydroxylation is 1. The Morgan fingerprint density at radius 2 is 1.91 bits per heavy atom. The van der Waals surface area contributed by atoms with Crippen LogP contribution < -0.4 is 0 Å². The molecule has 22 heavy (non-hydrogen) atoms. The van der Waals surface area contributed by atoms with Gasteiger partial charge in [-0.2, -0.15) is 22.7 Å². The van der Waals surface area contributed by atoms with Crippen LogP contribution in [0.3, 0.4) is 0 Å². The molecule has 1 unspecified atom stereocenters. The Morgan fingerprint density at radius 1 is 1.32 bits per heavy atom. The van der Waals surface area contributed by atoms with Crippen molar-refractivity contribution in [2.24, 2.45) is 0 Å². The van der Waals surface area contributed by atoms with Gasteiger partial charge in [-0.25, -0.2) is 8.42 Å². The predicted molar refractivity (Wildman–Crippen MR) is 73.3 cm³/mol. The van der Waals surface area contributed by atoms with Crippen molar-refractivity contribution >= 4 is 10.0 Å². The molecule has 1 aliphatic heterocycles. The van der Waals surface area contributed by atoms with E-state index in [0.29, 0.717) is 4.31 Å². The van der Waals surface area contributed by atoms with Crippen molar-refractivity contribution in [3.8, 4) is 6.07 Å². The minimum absolute atomic E-state index is 0.0757. The Morgan fingerprint density at radius 3 is 2.41 bits per heavy atom. The second kappa shape index (κ2) is 5.56. The largest absolute Gasteiger partial charge is 0.408 e. The first kappa shape index (κ1) is 16.8. The summed E-state index contributed by atoms with van der Waals surface area (Å²) in [5.74, 6) is 0. The second-order valence-corrected chi connectivity index (χ2v) is 7.22. The molecule has 0 bridgehead atoms. The third-order valence-corrected chi connectivity index (χ3v) is 5.92. The molecular formula is C14H15F3N2O2S. The van der Waals surface area contributed by atoms with E-state index < -0.39 is 34.6 Å². The Hall–Kier alpha value is -1.59. The van der Waals surface area contributed by atoms with E-state index in [2.05, 4.69) is 0 Å². The maximum Gasteiger partial charge on any atom is 0.408 e. The summed E-state index contributed by atoms with van der Waals surface area (Å²) in [7, 11) is -4.31. The molecular weight excluding hydrogens is 317 g/mol. The quantitative estimate of drug-likeness (QED) is 0.855. The maximum atomic E-state index is 13.5. The summed E-state index contributed by atoms with van der Waals surface area (Å²) in [4.78, 5) is -0.188. The molecule has 0 aromatic heterocycles. The molecule has 1 fully saturated rings. The number of benzene rings is 1. The number of alkyl halides is 3. The minimum atomic E-state index is -4.79. The Labute approximate surface area is 127 Å². The highest BCUT2D eigenvalue weighted by Gasteiger charge is 2.63. The summed E-state index contributed by atoms with van der Waals surface area (Å²) in [6, 6.07) is 7.13. The van der Waals surface area contributed by atoms with Gasteiger partial charge in [-0.1, -0.05) is 17.7 Å². The lowest BCUT2D eigenvalue weighted by Gasteiger charge is -2.37. The van der Waals surface area contributed by atoms with Crippen LogP contribution in [-0.4, -0.2) is 31.0 Å². The first-order chi connectivity index (χ1) is 10.1. The zero-order chi connectivity index (χ0) is 16.6. The SMILES string of the molecule is Cc1ccc(S(=O)(=O)N2CCCC2(CC#N)C(F)(F)F)cc1. The van der Waals surface area contributed by atoms with Gasteiger partial charge < -0.3 is 0 Å². The molecule has 0 saturated carbocycles. The molecule has 120 valence electrons. The van der Waals surface area contributed by atoms with Gasteiger partial charge in [0.2, 0.25) is 10.0 Å². The first-order valence-corrected chi connectivity index (χ1v) is 8.12. The van der Waals surface area contributed by atoms with Crippen molar-refractivity contribution in [3.05, 3.63) is 29.8 Å². The standard InChI is InChI=1S/C14H15F3N2O2S/c1-11-3-5-12(6-4-11)22(20,21)19-10-2-7-13(19,8-9-18)14(15,16)17/h3-6H,2,7-8,10H2,1H3. The average Bonchev–Trinajstić information content (AvgIpc) is 2.85. The summed E-state index contributed by atoms with van der Waals surface area (Å²) in [6.45, 7) is 1.51. The van der Waals surface area contributed by atoms with Crippen molar-refractivity contribution in [1.82, 2.24) is 4.31 Å². The van der Waals surface area contributed by atoms with Crippen LogP contribution in [0.1, 0.15) is 24.8 Å². The van der Waals surface area contributed by atoms with Gasteiger partial charge in [-0.15, -0.1) is 0 Å². The second-order valence-electron chi connectivity index (χ2n) is 5.36. The van der Waals surface area contributed by atoms with Gasteiger partial charge in [0.05, 0.1) is 17.4 Å². The summed E-state index contributed by atoms with van der Waals surface area (Å²) in [6.07, 6.45) is -6.01. The molecule has 0 aliphatic carbocycles. The summed E-state index contributed by atoms with van der Waals surface area (Å²) in [5.41, 5.74) is -1.83. The Bertz CT molecular complexity index is 692. The highest BCUT2D eigenvalue weighted by Crippen LogP contribution is 2.47. The maximum absolute atomic E-state index is 13.5. The monoisotopic (exact) mass is 332 g/mol. The smallest absolute Gasteiger partial charge is 0.207 e. The van der Waals surface area contributed by atoms with Crippen LogP contribution in [-0.2, 0) is 10.0 Å². The molecule has 0 radical (unpaired) electrons. The number of rotatable bonds is 3. The number of halogens is 3. The number of nitriles is 1. The molecule has 0 amide bonds. The molecule has 4 nitrogen and oxygen atoms in total.